The van der Waals surface area contributed by atoms with E-state index in [4.69, 9.17) is 14.5 Å². The van der Waals surface area contributed by atoms with Crippen LogP contribution in [0.25, 0.3) is 33.7 Å². The van der Waals surface area contributed by atoms with Gasteiger partial charge in [0.15, 0.2) is 12.1 Å². The van der Waals surface area contributed by atoms with Gasteiger partial charge in [-0.15, -0.1) is 10.2 Å². The number of phenols is 3. The number of cyclic esters (lactones) is 1. The van der Waals surface area contributed by atoms with Crippen molar-refractivity contribution < 1.29 is 48.8 Å². The first-order valence-corrected chi connectivity index (χ1v) is 21.3. The topological polar surface area (TPSA) is 215 Å². The molecule has 330 valence electrons. The number of phenolic OH excluding ortho intramolecular Hbond substituents is 3. The lowest BCUT2D eigenvalue weighted by Crippen LogP contribution is -2.51. The number of amides is 1. The molecule has 16 nitrogen and oxygen atoms in total. The summed E-state index contributed by atoms with van der Waals surface area (Å²) in [6.07, 6.45) is 4.03. The lowest BCUT2D eigenvalue weighted by molar-refractivity contribution is -0.183. The molecule has 2 aromatic heterocycles. The van der Waals surface area contributed by atoms with Crippen LogP contribution < -0.4 is 0 Å². The molecule has 3 N–H and O–H groups in total. The van der Waals surface area contributed by atoms with Crippen molar-refractivity contribution in [2.24, 2.45) is 5.92 Å². The van der Waals surface area contributed by atoms with Crippen molar-refractivity contribution in [3.8, 4) is 34.3 Å². The standard InChI is InChI=1S/C48H48N6O10/c1-6-32-34-18-31(57)12-13-38(34)49-43-36(32)22-52(5)39(43)20-37-29(23-55)25-63-47(62)48(37,7-2)64-46(61)28-14-16-53(17-15-28)45(60)27-8-10-30(11-9-27)54-42(24-56)50-51-44(54)35-19-33(26(3)4)40(58)21-41(35)59/h8-13,18-21,23-24,26,28,57-59H,6-7,14-17,22,25H2,1-5H3/b39-20-. The molecule has 0 aliphatic carbocycles. The Hall–Kier alpha value is -7.36. The van der Waals surface area contributed by atoms with Crippen LogP contribution in [0, 0.1) is 5.92 Å². The number of hydrogen-bond acceptors (Lipinski definition) is 14. The average molecular weight is 869 g/mol. The van der Waals surface area contributed by atoms with Gasteiger partial charge in [0.25, 0.3) is 5.91 Å². The molecular formula is C48H48N6O10. The molecule has 3 aliphatic heterocycles. The summed E-state index contributed by atoms with van der Waals surface area (Å²) in [5, 5.41) is 40.4. The molecule has 3 aliphatic rings. The number of piperidine rings is 1. The monoisotopic (exact) mass is 868 g/mol. The number of carbonyl (C=O) groups excluding carboxylic acids is 5. The van der Waals surface area contributed by atoms with Crippen LogP contribution in [0.3, 0.4) is 0 Å². The largest absolute Gasteiger partial charge is 0.508 e. The lowest BCUT2D eigenvalue weighted by atomic mass is 9.84. The van der Waals surface area contributed by atoms with Crippen molar-refractivity contribution >= 4 is 47.0 Å². The summed E-state index contributed by atoms with van der Waals surface area (Å²) in [5.74, 6) is -2.51. The molecule has 16 heteroatoms. The number of aryl methyl sites for hydroxylation is 1. The summed E-state index contributed by atoms with van der Waals surface area (Å²) in [4.78, 5) is 74.8. The predicted molar refractivity (Wildman–Crippen MR) is 234 cm³/mol. The Kier molecular flexibility index (Phi) is 11.5. The fourth-order valence-electron chi connectivity index (χ4n) is 9.02. The molecule has 3 aromatic carbocycles. The van der Waals surface area contributed by atoms with Crippen LogP contribution in [-0.4, -0.2) is 108 Å². The lowest BCUT2D eigenvalue weighted by Gasteiger charge is -2.38. The van der Waals surface area contributed by atoms with Crippen molar-refractivity contribution in [2.45, 2.75) is 71.4 Å². The van der Waals surface area contributed by atoms with Crippen LogP contribution in [0.15, 0.2) is 71.8 Å². The van der Waals surface area contributed by atoms with E-state index in [1.807, 2.05) is 32.7 Å². The third kappa shape index (κ3) is 7.41. The number of aromatic nitrogens is 4. The van der Waals surface area contributed by atoms with Gasteiger partial charge in [-0.25, -0.2) is 9.78 Å². The highest BCUT2D eigenvalue weighted by molar-refractivity contribution is 5.97. The van der Waals surface area contributed by atoms with Gasteiger partial charge in [-0.05, 0) is 97.3 Å². The Labute approximate surface area is 368 Å². The first-order valence-electron chi connectivity index (χ1n) is 21.3. The zero-order valence-electron chi connectivity index (χ0n) is 36.1. The van der Waals surface area contributed by atoms with E-state index in [0.717, 1.165) is 16.5 Å². The minimum absolute atomic E-state index is 0.0113. The van der Waals surface area contributed by atoms with E-state index in [1.54, 1.807) is 66.4 Å². The van der Waals surface area contributed by atoms with E-state index in [1.165, 1.54) is 10.6 Å². The van der Waals surface area contributed by atoms with Crippen LogP contribution in [0.1, 0.15) is 96.2 Å². The molecule has 1 saturated heterocycles. The van der Waals surface area contributed by atoms with Gasteiger partial charge in [-0.1, -0.05) is 27.7 Å². The zero-order chi connectivity index (χ0) is 45.6. The molecule has 5 aromatic rings. The summed E-state index contributed by atoms with van der Waals surface area (Å²) in [5.41, 5.74) is 4.08. The Morgan fingerprint density at radius 1 is 0.969 bits per heavy atom. The number of fused-ring (bicyclic) bond motifs is 2. The molecule has 1 atom stereocenters. The van der Waals surface area contributed by atoms with Gasteiger partial charge in [0.2, 0.25) is 11.4 Å². The van der Waals surface area contributed by atoms with E-state index in [0.29, 0.717) is 59.3 Å². The van der Waals surface area contributed by atoms with Crippen LogP contribution in [-0.2, 0) is 36.8 Å². The molecule has 5 heterocycles. The number of rotatable bonds is 11. The average Bonchev–Trinajstić information content (AvgIpc) is 3.86. The second-order valence-corrected chi connectivity index (χ2v) is 16.6. The minimum Gasteiger partial charge on any atom is -0.508 e. The highest BCUT2D eigenvalue weighted by atomic mass is 16.6. The third-order valence-electron chi connectivity index (χ3n) is 12.5. The van der Waals surface area contributed by atoms with Crippen molar-refractivity contribution in [1.82, 2.24) is 29.5 Å². The Morgan fingerprint density at radius 3 is 2.36 bits per heavy atom. The van der Waals surface area contributed by atoms with Gasteiger partial charge < -0.3 is 34.6 Å². The van der Waals surface area contributed by atoms with E-state index < -0.39 is 23.5 Å². The predicted octanol–water partition coefficient (Wildman–Crippen LogP) is 6.18. The van der Waals surface area contributed by atoms with E-state index in [-0.39, 0.29) is 96.4 Å². The Balaban J connectivity index is 1.00. The van der Waals surface area contributed by atoms with E-state index in [2.05, 4.69) is 10.2 Å². The van der Waals surface area contributed by atoms with Gasteiger partial charge in [0.05, 0.1) is 28.4 Å². The maximum Gasteiger partial charge on any atom is 0.355 e. The minimum atomic E-state index is -1.92. The molecule has 1 amide bonds. The molecule has 8 rings (SSSR count). The molecule has 0 radical (unpaired) electrons. The highest BCUT2D eigenvalue weighted by Gasteiger charge is 2.51. The van der Waals surface area contributed by atoms with Crippen LogP contribution >= 0.6 is 0 Å². The molecular weight excluding hydrogens is 821 g/mol. The molecule has 0 bridgehead atoms. The van der Waals surface area contributed by atoms with E-state index in [9.17, 15) is 39.3 Å². The first kappa shape index (κ1) is 43.3. The number of nitrogens with zero attached hydrogens (tertiary/aromatic N) is 6. The van der Waals surface area contributed by atoms with Crippen molar-refractivity contribution in [3.05, 3.63) is 106 Å². The summed E-state index contributed by atoms with van der Waals surface area (Å²) in [6, 6.07) is 14.3. The summed E-state index contributed by atoms with van der Waals surface area (Å²) in [7, 11) is 1.88. The Bertz CT molecular complexity index is 2800. The number of aldehydes is 2. The normalized spacial score (nSPS) is 18.5. The van der Waals surface area contributed by atoms with Crippen molar-refractivity contribution in [2.75, 3.05) is 26.7 Å². The van der Waals surface area contributed by atoms with Crippen LogP contribution in [0.5, 0.6) is 17.2 Å². The quantitative estimate of drug-likeness (QED) is 0.0999. The van der Waals surface area contributed by atoms with Gasteiger partial charge in [0.1, 0.15) is 30.1 Å². The molecule has 0 spiro atoms. The summed E-state index contributed by atoms with van der Waals surface area (Å²) < 4.78 is 13.1. The number of hydrogen-bond donors (Lipinski definition) is 3. The molecule has 1 unspecified atom stereocenters. The highest BCUT2D eigenvalue weighted by Crippen LogP contribution is 2.43. The van der Waals surface area contributed by atoms with Gasteiger partial charge in [-0.2, -0.15) is 0 Å². The molecule has 64 heavy (non-hydrogen) atoms. The van der Waals surface area contributed by atoms with Crippen molar-refractivity contribution in [1.29, 1.82) is 0 Å². The number of carbonyl (C=O) groups is 5. The third-order valence-corrected chi connectivity index (χ3v) is 12.5. The van der Waals surface area contributed by atoms with Crippen LogP contribution in [0.4, 0.5) is 0 Å². The second kappa shape index (κ2) is 17.1. The summed E-state index contributed by atoms with van der Waals surface area (Å²) >= 11 is 0. The fourth-order valence-corrected chi connectivity index (χ4v) is 9.02. The molecule has 0 saturated carbocycles. The van der Waals surface area contributed by atoms with E-state index >= 15 is 0 Å². The number of aromatic hydroxyl groups is 3. The second-order valence-electron chi connectivity index (χ2n) is 16.6. The maximum atomic E-state index is 14.1. The summed E-state index contributed by atoms with van der Waals surface area (Å²) in [6.45, 7) is 8.15. The maximum absolute atomic E-state index is 14.1. The van der Waals surface area contributed by atoms with Gasteiger partial charge >= 0.3 is 11.9 Å². The number of esters is 2. The number of likely N-dealkylation sites (tertiary alicyclic amines) is 1. The molecule has 1 fully saturated rings. The zero-order valence-corrected chi connectivity index (χ0v) is 36.1. The first-order chi connectivity index (χ1) is 30.7. The number of pyridine rings is 1. The van der Waals surface area contributed by atoms with Crippen LogP contribution in [0.2, 0.25) is 0 Å². The van der Waals surface area contributed by atoms with Crippen molar-refractivity contribution in [3.63, 3.8) is 0 Å². The number of ether oxygens (including phenoxy) is 2. The van der Waals surface area contributed by atoms with Gasteiger partial charge in [0, 0.05) is 66.1 Å². The SMILES string of the molecule is CCc1c2c(nc3ccc(O)cc13)/C(=C/C1=C(C=O)COC(=O)C1(CC)OC(=O)C1CCN(C(=O)c3ccc(-n4c(C=O)nnc4-c4cc(C(C)C)c(O)cc4O)cc3)CC1)N(C)C2. The Morgan fingerprint density at radius 2 is 1.70 bits per heavy atom. The fraction of sp³-hybridized carbons (Fsp3) is 0.333. The smallest absolute Gasteiger partial charge is 0.355 e. The number of benzene rings is 3. The van der Waals surface area contributed by atoms with Gasteiger partial charge in [-0.3, -0.25) is 23.7 Å².